The largest absolute Gasteiger partial charge is 0.467 e. The van der Waals surface area contributed by atoms with Gasteiger partial charge in [-0.05, 0) is 23.2 Å². The number of carbonyl (C=O) groups excluding carboxylic acids is 1. The Balaban J connectivity index is 2.14. The molecule has 0 bridgehead atoms. The first-order chi connectivity index (χ1) is 9.69. The van der Waals surface area contributed by atoms with Crippen molar-refractivity contribution < 1.29 is 9.53 Å². The van der Waals surface area contributed by atoms with E-state index in [1.807, 2.05) is 30.3 Å². The molecule has 0 aliphatic heterocycles. The highest BCUT2D eigenvalue weighted by atomic mass is 35.5. The van der Waals surface area contributed by atoms with Gasteiger partial charge in [-0.1, -0.05) is 30.3 Å². The van der Waals surface area contributed by atoms with E-state index >= 15 is 0 Å². The predicted octanol–water partition coefficient (Wildman–Crippen LogP) is 2.33. The van der Waals surface area contributed by atoms with Gasteiger partial charge in [0.2, 0.25) is 5.28 Å². The lowest BCUT2D eigenvalue weighted by Gasteiger charge is -2.17. The summed E-state index contributed by atoms with van der Waals surface area (Å²) in [6.07, 6.45) is 2.02. The van der Waals surface area contributed by atoms with Crippen molar-refractivity contribution in [3.8, 4) is 0 Å². The van der Waals surface area contributed by atoms with Gasteiger partial charge in [0.1, 0.15) is 11.9 Å². The Morgan fingerprint density at radius 2 is 2.10 bits per heavy atom. The van der Waals surface area contributed by atoms with Gasteiger partial charge in [0.25, 0.3) is 0 Å². The van der Waals surface area contributed by atoms with Crippen LogP contribution in [0.15, 0.2) is 42.6 Å². The van der Waals surface area contributed by atoms with Crippen LogP contribution in [0.2, 0.25) is 5.28 Å². The molecule has 0 aliphatic carbocycles. The van der Waals surface area contributed by atoms with Crippen molar-refractivity contribution in [1.29, 1.82) is 0 Å². The van der Waals surface area contributed by atoms with Gasteiger partial charge < -0.3 is 10.1 Å². The molecule has 0 amide bonds. The Bertz CT molecular complexity index is 578. The molecule has 104 valence electrons. The van der Waals surface area contributed by atoms with Crippen LogP contribution in [0, 0.1) is 0 Å². The molecule has 0 saturated heterocycles. The zero-order chi connectivity index (χ0) is 14.4. The van der Waals surface area contributed by atoms with Gasteiger partial charge in [-0.25, -0.2) is 14.8 Å². The maximum absolute atomic E-state index is 11.8. The van der Waals surface area contributed by atoms with E-state index in [4.69, 9.17) is 16.3 Å². The lowest BCUT2D eigenvalue weighted by atomic mass is 10.1. The summed E-state index contributed by atoms with van der Waals surface area (Å²) in [5.74, 6) is 0.125. The van der Waals surface area contributed by atoms with E-state index in [-0.39, 0.29) is 11.3 Å². The Kier molecular flexibility index (Phi) is 4.90. The Labute approximate surface area is 122 Å². The molecule has 6 heteroatoms. The van der Waals surface area contributed by atoms with Gasteiger partial charge in [0, 0.05) is 12.6 Å². The summed E-state index contributed by atoms with van der Waals surface area (Å²) in [4.78, 5) is 19.6. The van der Waals surface area contributed by atoms with Gasteiger partial charge in [-0.15, -0.1) is 0 Å². The smallest absolute Gasteiger partial charge is 0.328 e. The highest BCUT2D eigenvalue weighted by Crippen LogP contribution is 2.11. The maximum atomic E-state index is 11.8. The molecule has 0 radical (unpaired) electrons. The zero-order valence-corrected chi connectivity index (χ0v) is 11.7. The number of ether oxygens (including phenoxy) is 1. The fraction of sp³-hybridized carbons (Fsp3) is 0.214. The van der Waals surface area contributed by atoms with E-state index in [9.17, 15) is 4.79 Å². The molecular weight excluding hydrogens is 278 g/mol. The van der Waals surface area contributed by atoms with Crippen molar-refractivity contribution in [2.24, 2.45) is 0 Å². The number of hydrogen-bond acceptors (Lipinski definition) is 5. The topological polar surface area (TPSA) is 64.1 Å². The van der Waals surface area contributed by atoms with Gasteiger partial charge in [-0.2, -0.15) is 0 Å². The van der Waals surface area contributed by atoms with Crippen LogP contribution in [0.3, 0.4) is 0 Å². The number of hydrogen-bond donors (Lipinski definition) is 1. The third-order valence-corrected chi connectivity index (χ3v) is 2.90. The van der Waals surface area contributed by atoms with Crippen LogP contribution in [-0.2, 0) is 16.0 Å². The van der Waals surface area contributed by atoms with Gasteiger partial charge in [-0.3, -0.25) is 0 Å². The summed E-state index contributed by atoms with van der Waals surface area (Å²) in [7, 11) is 1.36. The van der Waals surface area contributed by atoms with Crippen molar-refractivity contribution in [3.63, 3.8) is 0 Å². The first kappa shape index (κ1) is 14.3. The minimum atomic E-state index is -0.534. The van der Waals surface area contributed by atoms with Gasteiger partial charge in [0.15, 0.2) is 0 Å². The third-order valence-electron chi connectivity index (χ3n) is 2.72. The number of nitrogens with one attached hydrogen (secondary N) is 1. The molecule has 0 aliphatic rings. The van der Waals surface area contributed by atoms with Crippen LogP contribution in [0.25, 0.3) is 0 Å². The SMILES string of the molecule is COC(=O)[C@H](Cc1ccccc1)Nc1ccnc(Cl)n1. The highest BCUT2D eigenvalue weighted by Gasteiger charge is 2.20. The van der Waals surface area contributed by atoms with Crippen molar-refractivity contribution in [3.05, 3.63) is 53.4 Å². The molecular formula is C14H14ClN3O2. The maximum Gasteiger partial charge on any atom is 0.328 e. The van der Waals surface area contributed by atoms with Crippen LogP contribution in [0.4, 0.5) is 5.82 Å². The molecule has 5 nitrogen and oxygen atoms in total. The molecule has 2 rings (SSSR count). The predicted molar refractivity (Wildman–Crippen MR) is 76.6 cm³/mol. The number of esters is 1. The second-order valence-electron chi connectivity index (χ2n) is 4.12. The zero-order valence-electron chi connectivity index (χ0n) is 10.9. The number of nitrogens with zero attached hydrogens (tertiary/aromatic N) is 2. The van der Waals surface area contributed by atoms with Crippen LogP contribution >= 0.6 is 11.6 Å². The highest BCUT2D eigenvalue weighted by molar-refractivity contribution is 6.28. The van der Waals surface area contributed by atoms with Crippen molar-refractivity contribution in [2.45, 2.75) is 12.5 Å². The molecule has 1 aromatic carbocycles. The second kappa shape index (κ2) is 6.86. The monoisotopic (exact) mass is 291 g/mol. The molecule has 1 atom stereocenters. The average molecular weight is 292 g/mol. The van der Waals surface area contributed by atoms with E-state index in [0.717, 1.165) is 5.56 Å². The minimum absolute atomic E-state index is 0.123. The molecule has 0 fully saturated rings. The van der Waals surface area contributed by atoms with Crippen molar-refractivity contribution in [1.82, 2.24) is 9.97 Å². The van der Waals surface area contributed by atoms with Crippen molar-refractivity contribution in [2.75, 3.05) is 12.4 Å². The average Bonchev–Trinajstić information content (AvgIpc) is 2.47. The van der Waals surface area contributed by atoms with Crippen LogP contribution in [0.1, 0.15) is 5.56 Å². The number of benzene rings is 1. The lowest BCUT2D eigenvalue weighted by Crippen LogP contribution is -2.33. The summed E-state index contributed by atoms with van der Waals surface area (Å²) in [5.41, 5.74) is 1.02. The summed E-state index contributed by atoms with van der Waals surface area (Å²) in [6, 6.07) is 10.8. The quantitative estimate of drug-likeness (QED) is 0.676. The summed E-state index contributed by atoms with van der Waals surface area (Å²) < 4.78 is 4.81. The van der Waals surface area contributed by atoms with E-state index < -0.39 is 6.04 Å². The number of carbonyl (C=O) groups is 1. The Morgan fingerprint density at radius 3 is 2.75 bits per heavy atom. The fourth-order valence-electron chi connectivity index (χ4n) is 1.78. The number of aromatic nitrogens is 2. The summed E-state index contributed by atoms with van der Waals surface area (Å²) >= 11 is 5.72. The number of methoxy groups -OCH3 is 1. The fourth-order valence-corrected chi connectivity index (χ4v) is 1.93. The first-order valence-corrected chi connectivity index (χ1v) is 6.43. The van der Waals surface area contributed by atoms with E-state index in [0.29, 0.717) is 12.2 Å². The molecule has 1 aromatic heterocycles. The third kappa shape index (κ3) is 3.93. The number of halogens is 1. The Morgan fingerprint density at radius 1 is 1.35 bits per heavy atom. The van der Waals surface area contributed by atoms with E-state index in [2.05, 4.69) is 15.3 Å². The van der Waals surface area contributed by atoms with Gasteiger partial charge in [0.05, 0.1) is 7.11 Å². The second-order valence-corrected chi connectivity index (χ2v) is 4.46. The lowest BCUT2D eigenvalue weighted by molar-refractivity contribution is -0.141. The molecule has 0 spiro atoms. The Hall–Kier alpha value is -2.14. The molecule has 2 aromatic rings. The first-order valence-electron chi connectivity index (χ1n) is 6.06. The summed E-state index contributed by atoms with van der Waals surface area (Å²) in [5, 5.41) is 3.13. The van der Waals surface area contributed by atoms with Gasteiger partial charge >= 0.3 is 5.97 Å². The van der Waals surface area contributed by atoms with Crippen LogP contribution in [0.5, 0.6) is 0 Å². The minimum Gasteiger partial charge on any atom is -0.467 e. The molecule has 20 heavy (non-hydrogen) atoms. The molecule has 1 N–H and O–H groups in total. The summed E-state index contributed by atoms with van der Waals surface area (Å²) in [6.45, 7) is 0. The molecule has 0 saturated carbocycles. The normalized spacial score (nSPS) is 11.7. The number of rotatable bonds is 5. The van der Waals surface area contributed by atoms with E-state index in [1.165, 1.54) is 13.3 Å². The van der Waals surface area contributed by atoms with E-state index in [1.54, 1.807) is 6.07 Å². The van der Waals surface area contributed by atoms with Crippen LogP contribution in [-0.4, -0.2) is 29.1 Å². The van der Waals surface area contributed by atoms with Crippen molar-refractivity contribution >= 4 is 23.4 Å². The molecule has 0 unspecified atom stereocenters. The molecule has 1 heterocycles. The standard InChI is InChI=1S/C14H14ClN3O2/c1-20-13(19)11(9-10-5-3-2-4-6-10)17-12-7-8-16-14(15)18-12/h2-8,11H,9H2,1H3,(H,16,17,18)/t11-/m0/s1. The van der Waals surface area contributed by atoms with Crippen LogP contribution < -0.4 is 5.32 Å². The number of anilines is 1.